The first kappa shape index (κ1) is 27.0. The van der Waals surface area contributed by atoms with Crippen molar-refractivity contribution in [2.45, 2.75) is 109 Å². The number of esters is 1. The van der Waals surface area contributed by atoms with Crippen molar-refractivity contribution in [1.29, 1.82) is 0 Å². The summed E-state index contributed by atoms with van der Waals surface area (Å²) in [6.45, 7) is 3.95. The quantitative estimate of drug-likeness (QED) is 0.205. The van der Waals surface area contributed by atoms with Crippen molar-refractivity contribution in [1.82, 2.24) is 5.32 Å². The zero-order valence-electron chi connectivity index (χ0n) is 19.3. The maximum absolute atomic E-state index is 12.4. The van der Waals surface area contributed by atoms with Crippen LogP contribution in [0.3, 0.4) is 0 Å². The molecular weight excluding hydrogens is 396 g/mol. The number of carbonyl (C=O) groups is 4. The van der Waals surface area contributed by atoms with Crippen LogP contribution >= 0.6 is 0 Å². The van der Waals surface area contributed by atoms with Crippen molar-refractivity contribution in [3.8, 4) is 0 Å². The smallest absolute Gasteiger partial charge is 0.340 e. The van der Waals surface area contributed by atoms with Crippen LogP contribution in [0.1, 0.15) is 97.3 Å². The molecule has 2 atom stereocenters. The second kappa shape index (κ2) is 14.9. The standard InChI is InChI=1S/C24H40N2O5/c1-3-5-6-7-8-9-10-11-12-15-20(27)19(25)14-13-18-24(23(30)31-4-2)21(28)16-17-22(29)26-24/h16-17,19H,3-15,18,25H2,1-2H3,(H,26,29)/t19?,24-/m1/s1. The molecule has 31 heavy (non-hydrogen) atoms. The molecule has 176 valence electrons. The number of carbonyl (C=O) groups excluding carboxylic acids is 4. The molecule has 0 fully saturated rings. The molecule has 0 saturated heterocycles. The second-order valence-electron chi connectivity index (χ2n) is 8.36. The summed E-state index contributed by atoms with van der Waals surface area (Å²) in [6.07, 6.45) is 14.1. The molecule has 0 spiro atoms. The minimum absolute atomic E-state index is 0.00651. The van der Waals surface area contributed by atoms with E-state index in [0.717, 1.165) is 31.4 Å². The first-order valence-corrected chi connectivity index (χ1v) is 11.9. The molecule has 0 aromatic rings. The van der Waals surface area contributed by atoms with Gasteiger partial charge in [0.1, 0.15) is 5.78 Å². The molecule has 1 unspecified atom stereocenters. The number of Topliss-reactive ketones (excluding diaryl/α,β-unsaturated/α-hetero) is 1. The Hall–Kier alpha value is -2.02. The van der Waals surface area contributed by atoms with Crippen molar-refractivity contribution in [2.75, 3.05) is 6.61 Å². The van der Waals surface area contributed by atoms with Crippen LogP contribution in [-0.2, 0) is 23.9 Å². The van der Waals surface area contributed by atoms with E-state index in [1.165, 1.54) is 38.5 Å². The van der Waals surface area contributed by atoms with Crippen LogP contribution < -0.4 is 11.1 Å². The minimum atomic E-state index is -1.72. The number of hydrogen-bond donors (Lipinski definition) is 2. The van der Waals surface area contributed by atoms with E-state index in [1.807, 2.05) is 0 Å². The molecule has 1 rings (SSSR count). The number of nitrogens with two attached hydrogens (primary N) is 1. The van der Waals surface area contributed by atoms with Gasteiger partial charge in [0, 0.05) is 12.5 Å². The lowest BCUT2D eigenvalue weighted by Crippen LogP contribution is -2.61. The third-order valence-electron chi connectivity index (χ3n) is 5.77. The number of ether oxygens (including phenoxy) is 1. The Morgan fingerprint density at radius 3 is 2.19 bits per heavy atom. The molecule has 1 heterocycles. The molecule has 1 amide bonds. The first-order valence-electron chi connectivity index (χ1n) is 11.9. The maximum atomic E-state index is 12.4. The van der Waals surface area contributed by atoms with Gasteiger partial charge in [-0.3, -0.25) is 14.4 Å². The normalized spacial score (nSPS) is 19.2. The molecule has 3 N–H and O–H groups in total. The van der Waals surface area contributed by atoms with Crippen molar-refractivity contribution >= 4 is 23.4 Å². The van der Waals surface area contributed by atoms with Gasteiger partial charge in [-0.25, -0.2) is 4.79 Å². The lowest BCUT2D eigenvalue weighted by atomic mass is 9.84. The van der Waals surface area contributed by atoms with Crippen molar-refractivity contribution in [3.05, 3.63) is 12.2 Å². The van der Waals surface area contributed by atoms with Gasteiger partial charge >= 0.3 is 5.97 Å². The van der Waals surface area contributed by atoms with Gasteiger partial charge < -0.3 is 15.8 Å². The molecule has 0 bridgehead atoms. The largest absolute Gasteiger partial charge is 0.464 e. The molecule has 0 saturated carbocycles. The Morgan fingerprint density at radius 2 is 1.58 bits per heavy atom. The van der Waals surface area contributed by atoms with Gasteiger partial charge in [-0.2, -0.15) is 0 Å². The van der Waals surface area contributed by atoms with E-state index in [9.17, 15) is 19.2 Å². The lowest BCUT2D eigenvalue weighted by molar-refractivity contribution is -0.157. The molecular formula is C24H40N2O5. The average molecular weight is 437 g/mol. The van der Waals surface area contributed by atoms with Crippen LogP contribution in [0.15, 0.2) is 12.2 Å². The highest BCUT2D eigenvalue weighted by atomic mass is 16.5. The summed E-state index contributed by atoms with van der Waals surface area (Å²) in [6, 6.07) is -0.627. The molecule has 0 radical (unpaired) electrons. The Morgan fingerprint density at radius 1 is 0.968 bits per heavy atom. The second-order valence-corrected chi connectivity index (χ2v) is 8.36. The van der Waals surface area contributed by atoms with E-state index >= 15 is 0 Å². The van der Waals surface area contributed by atoms with E-state index < -0.39 is 29.2 Å². The maximum Gasteiger partial charge on any atom is 0.340 e. The average Bonchev–Trinajstić information content (AvgIpc) is 2.74. The monoisotopic (exact) mass is 436 g/mol. The van der Waals surface area contributed by atoms with Crippen LogP contribution in [0.2, 0.25) is 0 Å². The number of unbranched alkanes of at least 4 members (excludes halogenated alkanes) is 8. The Bertz CT molecular complexity index is 631. The van der Waals surface area contributed by atoms with Crippen molar-refractivity contribution < 1.29 is 23.9 Å². The van der Waals surface area contributed by atoms with Crippen molar-refractivity contribution in [2.24, 2.45) is 5.73 Å². The highest BCUT2D eigenvalue weighted by Crippen LogP contribution is 2.22. The van der Waals surface area contributed by atoms with Crippen LogP contribution in [0.4, 0.5) is 0 Å². The fraction of sp³-hybridized carbons (Fsp3) is 0.750. The van der Waals surface area contributed by atoms with Gasteiger partial charge in [0.2, 0.25) is 11.4 Å². The highest BCUT2D eigenvalue weighted by molar-refractivity contribution is 6.20. The van der Waals surface area contributed by atoms with Gasteiger partial charge in [-0.05, 0) is 38.7 Å². The van der Waals surface area contributed by atoms with Crippen LogP contribution in [0, 0.1) is 0 Å². The van der Waals surface area contributed by atoms with Gasteiger partial charge in [0.15, 0.2) is 5.78 Å². The number of amides is 1. The fourth-order valence-electron chi connectivity index (χ4n) is 3.84. The summed E-state index contributed by atoms with van der Waals surface area (Å²) < 4.78 is 5.01. The SMILES string of the molecule is CCCCCCCCCCCC(=O)C(N)CCC[C@@]1(C(=O)OCC)NC(=O)C=CC1=O. The Balaban J connectivity index is 2.34. The summed E-state index contributed by atoms with van der Waals surface area (Å²) in [5.74, 6) is -1.79. The molecule has 7 nitrogen and oxygen atoms in total. The molecule has 0 aromatic heterocycles. The topological polar surface area (TPSA) is 116 Å². The van der Waals surface area contributed by atoms with Gasteiger partial charge in [0.25, 0.3) is 0 Å². The Labute approximate surface area is 186 Å². The summed E-state index contributed by atoms with van der Waals surface area (Å²) >= 11 is 0. The van der Waals surface area contributed by atoms with Crippen molar-refractivity contribution in [3.63, 3.8) is 0 Å². The molecule has 0 aliphatic carbocycles. The Kier molecular flexibility index (Phi) is 13.0. The van der Waals surface area contributed by atoms with Crippen LogP contribution in [-0.4, -0.2) is 41.6 Å². The van der Waals surface area contributed by atoms with Gasteiger partial charge in [-0.15, -0.1) is 0 Å². The van der Waals surface area contributed by atoms with E-state index in [-0.39, 0.29) is 18.8 Å². The summed E-state index contributed by atoms with van der Waals surface area (Å²) in [5.41, 5.74) is 4.31. The van der Waals surface area contributed by atoms with E-state index in [2.05, 4.69) is 12.2 Å². The van der Waals surface area contributed by atoms with E-state index in [1.54, 1.807) is 6.92 Å². The molecule has 0 aromatic carbocycles. The highest BCUT2D eigenvalue weighted by Gasteiger charge is 2.48. The summed E-state index contributed by atoms with van der Waals surface area (Å²) in [7, 11) is 0. The minimum Gasteiger partial charge on any atom is -0.464 e. The first-order chi connectivity index (χ1) is 14.9. The number of hydrogen-bond acceptors (Lipinski definition) is 6. The third-order valence-corrected chi connectivity index (χ3v) is 5.77. The van der Waals surface area contributed by atoms with Gasteiger partial charge in [0.05, 0.1) is 12.6 Å². The predicted octanol–water partition coefficient (Wildman–Crippen LogP) is 3.53. The number of ketones is 2. The van der Waals surface area contributed by atoms with E-state index in [0.29, 0.717) is 19.3 Å². The zero-order chi connectivity index (χ0) is 23.1. The zero-order valence-corrected chi connectivity index (χ0v) is 19.3. The summed E-state index contributed by atoms with van der Waals surface area (Å²) in [5, 5.41) is 2.46. The number of nitrogens with one attached hydrogen (secondary N) is 1. The lowest BCUT2D eigenvalue weighted by Gasteiger charge is -2.31. The third kappa shape index (κ3) is 9.33. The molecule has 1 aliphatic rings. The van der Waals surface area contributed by atoms with Crippen LogP contribution in [0.5, 0.6) is 0 Å². The predicted molar refractivity (Wildman–Crippen MR) is 120 cm³/mol. The molecule has 7 heteroatoms. The molecule has 1 aliphatic heterocycles. The van der Waals surface area contributed by atoms with E-state index in [4.69, 9.17) is 10.5 Å². The summed E-state index contributed by atoms with van der Waals surface area (Å²) in [4.78, 5) is 48.8. The van der Waals surface area contributed by atoms with Gasteiger partial charge in [-0.1, -0.05) is 58.3 Å². The fourth-order valence-corrected chi connectivity index (χ4v) is 3.84. The van der Waals surface area contributed by atoms with Crippen LogP contribution in [0.25, 0.3) is 0 Å². The number of rotatable bonds is 17.